The zero-order valence-corrected chi connectivity index (χ0v) is 16.6. The Morgan fingerprint density at radius 2 is 0.826 bits per heavy atom. The Kier molecular flexibility index (Phi) is 4.13. The normalized spacial score (nSPS) is 17.4. The second kappa shape index (κ2) is 6.41. The SMILES string of the molecule is C1=C[CH]([Hf]([c]2ccccc2)([c]2ccccc2)[CH]2C=CC=C2)C=C1. The first-order valence-corrected chi connectivity index (χ1v) is 16.0. The number of rotatable bonds is 4. The van der Waals surface area contributed by atoms with E-state index in [2.05, 4.69) is 109 Å². The summed E-state index contributed by atoms with van der Waals surface area (Å²) in [5.74, 6) is 0. The van der Waals surface area contributed by atoms with Crippen molar-refractivity contribution in [2.45, 2.75) is 7.35 Å². The Hall–Kier alpha value is -1.73. The van der Waals surface area contributed by atoms with E-state index < -0.39 is 20.0 Å². The minimum absolute atomic E-state index is 0.574. The van der Waals surface area contributed by atoms with Gasteiger partial charge in [-0.15, -0.1) is 0 Å². The van der Waals surface area contributed by atoms with Crippen molar-refractivity contribution in [3.8, 4) is 0 Å². The summed E-state index contributed by atoms with van der Waals surface area (Å²) in [5, 5.41) is 0. The summed E-state index contributed by atoms with van der Waals surface area (Å²) in [5.41, 5.74) is 0. The van der Waals surface area contributed by atoms with Crippen LogP contribution >= 0.6 is 0 Å². The molecule has 0 atom stereocenters. The number of allylic oxidation sites excluding steroid dienone is 8. The quantitative estimate of drug-likeness (QED) is 0.582. The van der Waals surface area contributed by atoms with Crippen LogP contribution in [0, 0.1) is 0 Å². The Labute approximate surface area is 142 Å². The molecule has 2 aromatic carbocycles. The molecule has 0 bridgehead atoms. The third-order valence-corrected chi connectivity index (χ3v) is 24.6. The Morgan fingerprint density at radius 1 is 0.478 bits per heavy atom. The molecule has 23 heavy (non-hydrogen) atoms. The Bertz CT molecular complexity index is 688. The van der Waals surface area contributed by atoms with E-state index in [1.807, 2.05) is 0 Å². The fourth-order valence-electron chi connectivity index (χ4n) is 4.06. The van der Waals surface area contributed by atoms with E-state index in [4.69, 9.17) is 0 Å². The Balaban J connectivity index is 2.01. The molecule has 0 aromatic heterocycles. The van der Waals surface area contributed by atoms with Crippen LogP contribution in [0.3, 0.4) is 0 Å². The second-order valence-electron chi connectivity index (χ2n) is 6.19. The third-order valence-electron chi connectivity index (χ3n) is 5.05. The zero-order chi connectivity index (χ0) is 15.5. The molecule has 0 unspecified atom stereocenters. The van der Waals surface area contributed by atoms with Gasteiger partial charge in [0.1, 0.15) is 0 Å². The molecule has 0 heterocycles. The second-order valence-corrected chi connectivity index (χ2v) is 21.4. The summed E-state index contributed by atoms with van der Waals surface area (Å²) in [6.45, 7) is 0. The molecule has 1 heteroatoms. The van der Waals surface area contributed by atoms with E-state index in [0.29, 0.717) is 7.35 Å². The van der Waals surface area contributed by atoms with Crippen molar-refractivity contribution in [3.05, 3.63) is 109 Å². The summed E-state index contributed by atoms with van der Waals surface area (Å²) in [6, 6.07) is 22.6. The maximum absolute atomic E-state index is 3.19. The molecule has 0 saturated carbocycles. The zero-order valence-electron chi connectivity index (χ0n) is 13.0. The molecule has 2 aliphatic carbocycles. The van der Waals surface area contributed by atoms with Crippen LogP contribution in [0.4, 0.5) is 0 Å². The van der Waals surface area contributed by atoms with Crippen LogP contribution in [0.15, 0.2) is 109 Å². The van der Waals surface area contributed by atoms with Crippen molar-refractivity contribution < 1.29 is 20.0 Å². The van der Waals surface area contributed by atoms with Crippen LogP contribution in [0.25, 0.3) is 0 Å². The summed E-state index contributed by atoms with van der Waals surface area (Å²) in [4.78, 5) is 0. The first-order valence-electron chi connectivity index (χ1n) is 8.23. The van der Waals surface area contributed by atoms with Crippen molar-refractivity contribution in [2.75, 3.05) is 0 Å². The van der Waals surface area contributed by atoms with Gasteiger partial charge in [0.2, 0.25) is 0 Å². The van der Waals surface area contributed by atoms with Crippen LogP contribution in [-0.2, 0) is 20.0 Å². The molecule has 0 radical (unpaired) electrons. The molecular formula is C22H20Hf. The van der Waals surface area contributed by atoms with Gasteiger partial charge in [0.05, 0.1) is 0 Å². The van der Waals surface area contributed by atoms with Crippen molar-refractivity contribution in [3.63, 3.8) is 0 Å². The average Bonchev–Trinajstić information content (AvgIpc) is 3.32. The van der Waals surface area contributed by atoms with Gasteiger partial charge in [-0.3, -0.25) is 0 Å². The van der Waals surface area contributed by atoms with E-state index in [1.54, 1.807) is 6.64 Å². The van der Waals surface area contributed by atoms with Crippen LogP contribution in [0.5, 0.6) is 0 Å². The summed E-state index contributed by atoms with van der Waals surface area (Å²) < 4.78 is 4.33. The summed E-state index contributed by atoms with van der Waals surface area (Å²) in [6.07, 6.45) is 18.6. The molecule has 0 fully saturated rings. The van der Waals surface area contributed by atoms with Gasteiger partial charge in [-0.05, 0) is 0 Å². The van der Waals surface area contributed by atoms with Gasteiger partial charge in [-0.25, -0.2) is 0 Å². The molecular weight excluding hydrogens is 443 g/mol. The van der Waals surface area contributed by atoms with E-state index >= 15 is 0 Å². The standard InChI is InChI=1S/2C6H5.2C5H5.Hf/c2*1-2-4-6-5-3-1;2*1-2-4-5-3-1;/h2*1-5H;2*1-5H;. The Morgan fingerprint density at radius 3 is 1.17 bits per heavy atom. The van der Waals surface area contributed by atoms with Crippen LogP contribution in [-0.4, -0.2) is 0 Å². The van der Waals surface area contributed by atoms with Crippen LogP contribution in [0.2, 0.25) is 7.35 Å². The topological polar surface area (TPSA) is 0 Å². The van der Waals surface area contributed by atoms with Gasteiger partial charge in [-0.1, -0.05) is 0 Å². The van der Waals surface area contributed by atoms with Crippen LogP contribution < -0.4 is 6.64 Å². The van der Waals surface area contributed by atoms with Crippen LogP contribution in [0.1, 0.15) is 0 Å². The molecule has 4 rings (SSSR count). The molecule has 0 N–H and O–H groups in total. The van der Waals surface area contributed by atoms with E-state index in [-0.39, 0.29) is 0 Å². The fourth-order valence-corrected chi connectivity index (χ4v) is 23.7. The molecule has 0 saturated heterocycles. The number of hydrogen-bond acceptors (Lipinski definition) is 0. The van der Waals surface area contributed by atoms with Crippen molar-refractivity contribution in [1.29, 1.82) is 0 Å². The summed E-state index contributed by atoms with van der Waals surface area (Å²) >= 11 is -3.19. The van der Waals surface area contributed by atoms with Gasteiger partial charge >= 0.3 is 143 Å². The maximum atomic E-state index is 2.43. The van der Waals surface area contributed by atoms with E-state index in [1.165, 1.54) is 0 Å². The molecule has 0 amide bonds. The average molecular weight is 463 g/mol. The molecule has 0 spiro atoms. The van der Waals surface area contributed by atoms with Crippen molar-refractivity contribution >= 4 is 6.64 Å². The van der Waals surface area contributed by atoms with Gasteiger partial charge in [0, 0.05) is 0 Å². The van der Waals surface area contributed by atoms with Gasteiger partial charge in [0.25, 0.3) is 0 Å². The molecule has 112 valence electrons. The first kappa shape index (κ1) is 14.8. The third kappa shape index (κ3) is 2.48. The predicted octanol–water partition coefficient (Wildman–Crippen LogP) is 4.62. The fraction of sp³-hybridized carbons (Fsp3) is 0.0909. The molecule has 0 aliphatic heterocycles. The summed E-state index contributed by atoms with van der Waals surface area (Å²) in [7, 11) is 0. The van der Waals surface area contributed by atoms with Crippen molar-refractivity contribution in [2.24, 2.45) is 0 Å². The van der Waals surface area contributed by atoms with E-state index in [0.717, 1.165) is 0 Å². The van der Waals surface area contributed by atoms with Gasteiger partial charge < -0.3 is 0 Å². The number of hydrogen-bond donors (Lipinski definition) is 0. The minimum atomic E-state index is -3.19. The van der Waals surface area contributed by atoms with Crippen molar-refractivity contribution in [1.82, 2.24) is 0 Å². The monoisotopic (exact) mass is 464 g/mol. The molecule has 2 aromatic rings. The molecule has 0 nitrogen and oxygen atoms in total. The van der Waals surface area contributed by atoms with E-state index in [9.17, 15) is 0 Å². The molecule has 2 aliphatic rings. The predicted molar refractivity (Wildman–Crippen MR) is 96.2 cm³/mol. The van der Waals surface area contributed by atoms with Gasteiger partial charge in [-0.2, -0.15) is 0 Å². The van der Waals surface area contributed by atoms with Gasteiger partial charge in [0.15, 0.2) is 0 Å². The number of benzene rings is 2. The first-order chi connectivity index (χ1) is 11.4.